The molecule has 1 aromatic carbocycles. The van der Waals surface area contributed by atoms with E-state index in [4.69, 9.17) is 10.5 Å². The van der Waals surface area contributed by atoms with Crippen LogP contribution in [0.2, 0.25) is 0 Å². The average Bonchev–Trinajstić information content (AvgIpc) is 2.38. The molecule has 1 atom stereocenters. The maximum absolute atomic E-state index is 11.8. The summed E-state index contributed by atoms with van der Waals surface area (Å²) in [5.41, 5.74) is 6.50. The summed E-state index contributed by atoms with van der Waals surface area (Å²) in [6, 6.07) is 7.32. The molecule has 0 spiro atoms. The van der Waals surface area contributed by atoms with E-state index in [-0.39, 0.29) is 11.9 Å². The highest BCUT2D eigenvalue weighted by Crippen LogP contribution is 2.17. The lowest BCUT2D eigenvalue weighted by Crippen LogP contribution is -2.26. The van der Waals surface area contributed by atoms with Crippen LogP contribution in [0.15, 0.2) is 24.3 Å². The van der Waals surface area contributed by atoms with Crippen LogP contribution in [0, 0.1) is 0 Å². The summed E-state index contributed by atoms with van der Waals surface area (Å²) in [6.07, 6.45) is 1.13. The highest BCUT2D eigenvalue weighted by molar-refractivity contribution is 5.91. The van der Waals surface area contributed by atoms with Crippen molar-refractivity contribution in [2.75, 3.05) is 32.6 Å². The molecule has 1 unspecified atom stereocenters. The molecule has 0 aliphatic heterocycles. The minimum Gasteiger partial charge on any atom is -0.492 e. The lowest BCUT2D eigenvalue weighted by Gasteiger charge is -2.13. The van der Waals surface area contributed by atoms with Crippen molar-refractivity contribution in [3.63, 3.8) is 0 Å². The highest BCUT2D eigenvalue weighted by Gasteiger charge is 2.08. The fourth-order valence-corrected chi connectivity index (χ4v) is 1.60. The molecule has 0 saturated heterocycles. The third kappa shape index (κ3) is 6.54. The van der Waals surface area contributed by atoms with E-state index in [0.29, 0.717) is 13.0 Å². The number of nitrogens with one attached hydrogen (secondary N) is 1. The predicted molar refractivity (Wildman–Crippen MR) is 82.0 cm³/mol. The molecule has 0 bridgehead atoms. The van der Waals surface area contributed by atoms with E-state index < -0.39 is 0 Å². The van der Waals surface area contributed by atoms with Crippen molar-refractivity contribution >= 4 is 11.6 Å². The van der Waals surface area contributed by atoms with Crippen molar-refractivity contribution in [2.24, 2.45) is 5.73 Å². The Hall–Kier alpha value is -1.59. The molecular formula is C15H25N3O2. The smallest absolute Gasteiger partial charge is 0.225 e. The van der Waals surface area contributed by atoms with Crippen LogP contribution in [0.1, 0.15) is 19.8 Å². The highest BCUT2D eigenvalue weighted by atomic mass is 16.5. The van der Waals surface area contributed by atoms with Crippen LogP contribution in [0.4, 0.5) is 5.69 Å². The Balaban J connectivity index is 2.48. The van der Waals surface area contributed by atoms with E-state index in [1.807, 2.05) is 45.3 Å². The van der Waals surface area contributed by atoms with Crippen LogP contribution in [0.3, 0.4) is 0 Å². The Morgan fingerprint density at radius 3 is 2.85 bits per heavy atom. The van der Waals surface area contributed by atoms with Crippen LogP contribution in [0.25, 0.3) is 0 Å². The van der Waals surface area contributed by atoms with Crippen molar-refractivity contribution in [3.05, 3.63) is 24.3 Å². The monoisotopic (exact) mass is 279 g/mol. The Morgan fingerprint density at radius 2 is 2.20 bits per heavy atom. The fraction of sp³-hybridized carbons (Fsp3) is 0.533. The lowest BCUT2D eigenvalue weighted by molar-refractivity contribution is -0.116. The third-order valence-electron chi connectivity index (χ3n) is 2.90. The van der Waals surface area contributed by atoms with E-state index in [0.717, 1.165) is 24.4 Å². The van der Waals surface area contributed by atoms with Gasteiger partial charge in [-0.25, -0.2) is 0 Å². The summed E-state index contributed by atoms with van der Waals surface area (Å²) >= 11 is 0. The van der Waals surface area contributed by atoms with Gasteiger partial charge in [-0.15, -0.1) is 0 Å². The minimum atomic E-state index is -0.0884. The number of likely N-dealkylation sites (N-methyl/N-ethyl adjacent to an activating group) is 1. The zero-order valence-electron chi connectivity index (χ0n) is 12.6. The van der Waals surface area contributed by atoms with Gasteiger partial charge in [-0.2, -0.15) is 0 Å². The van der Waals surface area contributed by atoms with Crippen molar-refractivity contribution in [1.82, 2.24) is 4.90 Å². The Bertz CT molecular complexity index is 421. The van der Waals surface area contributed by atoms with Crippen LogP contribution in [-0.2, 0) is 4.79 Å². The zero-order valence-corrected chi connectivity index (χ0v) is 12.6. The largest absolute Gasteiger partial charge is 0.492 e. The van der Waals surface area contributed by atoms with Crippen LogP contribution >= 0.6 is 0 Å². The van der Waals surface area contributed by atoms with Crippen LogP contribution in [0.5, 0.6) is 5.75 Å². The van der Waals surface area contributed by atoms with E-state index in [1.54, 1.807) is 0 Å². The van der Waals surface area contributed by atoms with Gasteiger partial charge in [-0.05, 0) is 32.6 Å². The van der Waals surface area contributed by atoms with Crippen LogP contribution < -0.4 is 15.8 Å². The number of nitrogens with zero attached hydrogens (tertiary/aromatic N) is 1. The summed E-state index contributed by atoms with van der Waals surface area (Å²) in [5.74, 6) is 0.689. The van der Waals surface area contributed by atoms with Crippen molar-refractivity contribution in [1.29, 1.82) is 0 Å². The normalized spacial score (nSPS) is 12.2. The van der Waals surface area contributed by atoms with Gasteiger partial charge >= 0.3 is 0 Å². The van der Waals surface area contributed by atoms with E-state index in [1.165, 1.54) is 0 Å². The number of hydrogen-bond donors (Lipinski definition) is 2. The predicted octanol–water partition coefficient (Wildman–Crippen LogP) is 1.69. The Labute approximate surface area is 121 Å². The van der Waals surface area contributed by atoms with Crippen molar-refractivity contribution in [3.8, 4) is 5.75 Å². The molecule has 0 fully saturated rings. The molecule has 0 heterocycles. The number of rotatable bonds is 8. The van der Waals surface area contributed by atoms with E-state index >= 15 is 0 Å². The number of anilines is 1. The van der Waals surface area contributed by atoms with E-state index in [9.17, 15) is 4.79 Å². The summed E-state index contributed by atoms with van der Waals surface area (Å²) in [7, 11) is 3.99. The van der Waals surface area contributed by atoms with Gasteiger partial charge in [-0.3, -0.25) is 4.79 Å². The van der Waals surface area contributed by atoms with Gasteiger partial charge < -0.3 is 20.7 Å². The molecule has 5 heteroatoms. The van der Waals surface area contributed by atoms with Gasteiger partial charge in [-0.1, -0.05) is 13.0 Å². The van der Waals surface area contributed by atoms with Crippen molar-refractivity contribution in [2.45, 2.75) is 25.8 Å². The number of ether oxygens (including phenoxy) is 1. The molecule has 0 radical (unpaired) electrons. The second-order valence-corrected chi connectivity index (χ2v) is 5.10. The molecule has 20 heavy (non-hydrogen) atoms. The molecule has 112 valence electrons. The summed E-state index contributed by atoms with van der Waals surface area (Å²) in [5, 5.41) is 2.84. The molecule has 0 saturated carbocycles. The van der Waals surface area contributed by atoms with E-state index in [2.05, 4.69) is 10.2 Å². The molecule has 0 aliphatic rings. The number of benzene rings is 1. The Kier molecular flexibility index (Phi) is 7.04. The molecule has 0 aliphatic carbocycles. The first-order valence-corrected chi connectivity index (χ1v) is 6.94. The summed E-state index contributed by atoms with van der Waals surface area (Å²) < 4.78 is 5.62. The molecule has 0 aromatic heterocycles. The summed E-state index contributed by atoms with van der Waals surface area (Å²) in [6.45, 7) is 3.43. The lowest BCUT2D eigenvalue weighted by atomic mass is 10.1. The third-order valence-corrected chi connectivity index (χ3v) is 2.90. The number of nitrogens with two attached hydrogens (primary N) is 1. The number of hydrogen-bond acceptors (Lipinski definition) is 4. The molecule has 1 amide bonds. The molecule has 1 rings (SSSR count). The number of carbonyl (C=O) groups is 1. The van der Waals surface area contributed by atoms with Crippen LogP contribution in [-0.4, -0.2) is 44.1 Å². The SMILES string of the molecule is CCC(N)CC(=O)Nc1cccc(OCCN(C)C)c1. The first-order valence-electron chi connectivity index (χ1n) is 6.94. The minimum absolute atomic E-state index is 0.0650. The molecule has 3 N–H and O–H groups in total. The number of amides is 1. The van der Waals surface area contributed by atoms with Gasteiger partial charge in [0, 0.05) is 30.8 Å². The quantitative estimate of drug-likeness (QED) is 0.760. The standard InChI is InChI=1S/C15H25N3O2/c1-4-12(16)10-15(19)17-13-6-5-7-14(11-13)20-9-8-18(2)3/h5-7,11-12H,4,8-10,16H2,1-3H3,(H,17,19). The average molecular weight is 279 g/mol. The molecule has 5 nitrogen and oxygen atoms in total. The summed E-state index contributed by atoms with van der Waals surface area (Å²) in [4.78, 5) is 13.8. The van der Waals surface area contributed by atoms with Gasteiger partial charge in [0.05, 0.1) is 0 Å². The first-order chi connectivity index (χ1) is 9.51. The maximum atomic E-state index is 11.8. The van der Waals surface area contributed by atoms with Gasteiger partial charge in [0.25, 0.3) is 0 Å². The molecular weight excluding hydrogens is 254 g/mol. The zero-order chi connectivity index (χ0) is 15.0. The maximum Gasteiger partial charge on any atom is 0.225 e. The van der Waals surface area contributed by atoms with Gasteiger partial charge in [0.1, 0.15) is 12.4 Å². The molecule has 1 aromatic rings. The fourth-order valence-electron chi connectivity index (χ4n) is 1.60. The second-order valence-electron chi connectivity index (χ2n) is 5.10. The Morgan fingerprint density at radius 1 is 1.45 bits per heavy atom. The topological polar surface area (TPSA) is 67.6 Å². The number of carbonyl (C=O) groups excluding carboxylic acids is 1. The second kappa shape index (κ2) is 8.55. The van der Waals surface area contributed by atoms with Gasteiger partial charge in [0.15, 0.2) is 0 Å². The van der Waals surface area contributed by atoms with Gasteiger partial charge in [0.2, 0.25) is 5.91 Å². The first kappa shape index (κ1) is 16.5. The van der Waals surface area contributed by atoms with Crippen molar-refractivity contribution < 1.29 is 9.53 Å².